The Morgan fingerprint density at radius 3 is 2.49 bits per heavy atom. The standard InChI is InChI=1S/C25H32N6O5S/c1-16(2)23(24(26)33)29-25-18-6-4-5-7-19(18)27-22(28-25)15-30-10-12-31(13-11-30)37(34,35)21-14-17(32)8-9-20(21)36-3/h4-9,14,16,23,32H,10-13,15H2,1-3H3,(H2,26,33)(H,27,28,29)/t23-/m0/s1. The molecule has 198 valence electrons. The predicted molar refractivity (Wildman–Crippen MR) is 140 cm³/mol. The summed E-state index contributed by atoms with van der Waals surface area (Å²) in [5, 5.41) is 13.8. The zero-order valence-corrected chi connectivity index (χ0v) is 21.9. The van der Waals surface area contributed by atoms with Crippen molar-refractivity contribution in [3.05, 3.63) is 48.3 Å². The number of fused-ring (bicyclic) bond motifs is 1. The Morgan fingerprint density at radius 2 is 1.84 bits per heavy atom. The van der Waals surface area contributed by atoms with Crippen LogP contribution < -0.4 is 15.8 Å². The van der Waals surface area contributed by atoms with Gasteiger partial charge in [0.1, 0.15) is 34.1 Å². The Labute approximate surface area is 216 Å². The third-order valence-electron chi connectivity index (χ3n) is 6.38. The van der Waals surface area contributed by atoms with Crippen molar-refractivity contribution < 1.29 is 23.1 Å². The van der Waals surface area contributed by atoms with Crippen LogP contribution in [0.1, 0.15) is 19.7 Å². The van der Waals surface area contributed by atoms with Crippen LogP contribution in [0.4, 0.5) is 5.82 Å². The number of ether oxygens (including phenoxy) is 1. The van der Waals surface area contributed by atoms with Gasteiger partial charge < -0.3 is 20.9 Å². The lowest BCUT2D eigenvalue weighted by atomic mass is 10.0. The summed E-state index contributed by atoms with van der Waals surface area (Å²) in [4.78, 5) is 23.4. The van der Waals surface area contributed by atoms with Crippen LogP contribution in [-0.2, 0) is 21.4 Å². The minimum Gasteiger partial charge on any atom is -0.508 e. The predicted octanol–water partition coefficient (Wildman–Crippen LogP) is 1.77. The van der Waals surface area contributed by atoms with Crippen molar-refractivity contribution in [1.82, 2.24) is 19.2 Å². The van der Waals surface area contributed by atoms with E-state index in [1.807, 2.05) is 38.1 Å². The summed E-state index contributed by atoms with van der Waals surface area (Å²) in [6.45, 7) is 5.68. The lowest BCUT2D eigenvalue weighted by Gasteiger charge is -2.33. The molecule has 4 rings (SSSR count). The molecule has 1 aliphatic heterocycles. The number of aromatic nitrogens is 2. The molecule has 1 atom stereocenters. The molecule has 1 fully saturated rings. The molecular weight excluding hydrogens is 496 g/mol. The molecule has 2 aromatic carbocycles. The summed E-state index contributed by atoms with van der Waals surface area (Å²) in [6, 6.07) is 11.0. The number of rotatable bonds is 9. The van der Waals surface area contributed by atoms with Crippen molar-refractivity contribution in [1.29, 1.82) is 0 Å². The lowest BCUT2D eigenvalue weighted by molar-refractivity contribution is -0.119. The Hall–Kier alpha value is -3.48. The maximum absolute atomic E-state index is 13.2. The summed E-state index contributed by atoms with van der Waals surface area (Å²) in [5.41, 5.74) is 6.34. The Kier molecular flexibility index (Phi) is 7.81. The molecule has 11 nitrogen and oxygen atoms in total. The Bertz CT molecular complexity index is 1390. The van der Waals surface area contributed by atoms with Crippen LogP contribution in [0.5, 0.6) is 11.5 Å². The van der Waals surface area contributed by atoms with E-state index in [4.69, 9.17) is 15.5 Å². The number of nitrogens with one attached hydrogen (secondary N) is 1. The van der Waals surface area contributed by atoms with Crippen molar-refractivity contribution in [2.75, 3.05) is 38.6 Å². The van der Waals surface area contributed by atoms with Crippen molar-refractivity contribution in [2.45, 2.75) is 31.3 Å². The van der Waals surface area contributed by atoms with Gasteiger partial charge in [0.2, 0.25) is 15.9 Å². The molecule has 1 saturated heterocycles. The molecule has 0 unspecified atom stereocenters. The molecule has 3 aromatic rings. The first-order valence-electron chi connectivity index (χ1n) is 12.0. The molecule has 0 saturated carbocycles. The minimum atomic E-state index is -3.85. The summed E-state index contributed by atoms with van der Waals surface area (Å²) >= 11 is 0. The number of amides is 1. The molecule has 0 bridgehead atoms. The van der Waals surface area contributed by atoms with Gasteiger partial charge in [0.25, 0.3) is 0 Å². The molecule has 4 N–H and O–H groups in total. The van der Waals surface area contributed by atoms with Crippen LogP contribution in [0.3, 0.4) is 0 Å². The molecule has 1 aromatic heterocycles. The first kappa shape index (κ1) is 26.6. The Balaban J connectivity index is 1.51. The summed E-state index contributed by atoms with van der Waals surface area (Å²) in [7, 11) is -2.46. The summed E-state index contributed by atoms with van der Waals surface area (Å²) in [6.07, 6.45) is 0. The molecule has 0 radical (unpaired) electrons. The highest BCUT2D eigenvalue weighted by Gasteiger charge is 2.31. The maximum Gasteiger partial charge on any atom is 0.246 e. The normalized spacial score (nSPS) is 16.1. The van der Waals surface area contributed by atoms with Crippen LogP contribution in [0.2, 0.25) is 0 Å². The van der Waals surface area contributed by atoms with E-state index in [2.05, 4.69) is 15.2 Å². The molecule has 1 amide bonds. The van der Waals surface area contributed by atoms with Gasteiger partial charge in [0.15, 0.2) is 0 Å². The Morgan fingerprint density at radius 1 is 1.14 bits per heavy atom. The lowest BCUT2D eigenvalue weighted by Crippen LogP contribution is -2.48. The molecule has 0 aliphatic carbocycles. The highest BCUT2D eigenvalue weighted by molar-refractivity contribution is 7.89. The second-order valence-electron chi connectivity index (χ2n) is 9.29. The number of nitrogens with two attached hydrogens (primary N) is 1. The molecular formula is C25H32N6O5S. The third-order valence-corrected chi connectivity index (χ3v) is 8.30. The summed E-state index contributed by atoms with van der Waals surface area (Å²) < 4.78 is 33.1. The maximum atomic E-state index is 13.2. The minimum absolute atomic E-state index is 0.0325. The number of carbonyl (C=O) groups is 1. The van der Waals surface area contributed by atoms with Gasteiger partial charge in [-0.15, -0.1) is 0 Å². The van der Waals surface area contributed by atoms with Crippen LogP contribution in [0, 0.1) is 5.92 Å². The second kappa shape index (κ2) is 10.9. The number of methoxy groups -OCH3 is 1. The van der Waals surface area contributed by atoms with E-state index >= 15 is 0 Å². The number of hydrogen-bond acceptors (Lipinski definition) is 9. The van der Waals surface area contributed by atoms with E-state index < -0.39 is 22.0 Å². The van der Waals surface area contributed by atoms with E-state index in [-0.39, 0.29) is 35.4 Å². The van der Waals surface area contributed by atoms with Gasteiger partial charge >= 0.3 is 0 Å². The summed E-state index contributed by atoms with van der Waals surface area (Å²) in [5.74, 6) is 0.636. The molecule has 2 heterocycles. The number of aromatic hydroxyl groups is 1. The van der Waals surface area contributed by atoms with E-state index in [1.54, 1.807) is 0 Å². The number of benzene rings is 2. The number of nitrogens with zero attached hydrogens (tertiary/aromatic N) is 4. The van der Waals surface area contributed by atoms with Crippen molar-refractivity contribution in [3.63, 3.8) is 0 Å². The van der Waals surface area contributed by atoms with Gasteiger partial charge in [-0.25, -0.2) is 18.4 Å². The van der Waals surface area contributed by atoms with Crippen molar-refractivity contribution in [3.8, 4) is 11.5 Å². The molecule has 12 heteroatoms. The number of piperazine rings is 1. The average molecular weight is 529 g/mol. The molecule has 0 spiro atoms. The largest absolute Gasteiger partial charge is 0.508 e. The second-order valence-corrected chi connectivity index (χ2v) is 11.2. The zero-order valence-electron chi connectivity index (χ0n) is 21.1. The van der Waals surface area contributed by atoms with Crippen molar-refractivity contribution in [2.24, 2.45) is 11.7 Å². The van der Waals surface area contributed by atoms with Crippen molar-refractivity contribution >= 4 is 32.7 Å². The molecule has 37 heavy (non-hydrogen) atoms. The van der Waals surface area contributed by atoms with Gasteiger partial charge in [-0.3, -0.25) is 9.69 Å². The van der Waals surface area contributed by atoms with Gasteiger partial charge in [-0.2, -0.15) is 4.31 Å². The first-order chi connectivity index (χ1) is 17.6. The number of phenols is 1. The number of primary amides is 1. The van der Waals surface area contributed by atoms with E-state index in [0.717, 1.165) is 10.9 Å². The first-order valence-corrected chi connectivity index (χ1v) is 13.4. The number of hydrogen-bond donors (Lipinski definition) is 3. The quantitative estimate of drug-likeness (QED) is 0.377. The fraction of sp³-hybridized carbons (Fsp3) is 0.400. The van der Waals surface area contributed by atoms with Gasteiger partial charge in [-0.1, -0.05) is 26.0 Å². The third kappa shape index (κ3) is 5.76. The average Bonchev–Trinajstić information content (AvgIpc) is 2.87. The SMILES string of the molecule is COc1ccc(O)cc1S(=O)(=O)N1CCN(Cc2nc(N[C@H](C(N)=O)C(C)C)c3ccccc3n2)CC1. The van der Waals surface area contributed by atoms with Gasteiger partial charge in [0, 0.05) is 37.6 Å². The van der Waals surface area contributed by atoms with E-state index in [0.29, 0.717) is 31.3 Å². The number of phenolic OH excluding ortho intramolecular Hbond substituents is 1. The van der Waals surface area contributed by atoms with Gasteiger partial charge in [-0.05, 0) is 30.2 Å². The van der Waals surface area contributed by atoms with Crippen LogP contribution in [-0.4, -0.2) is 77.9 Å². The fourth-order valence-electron chi connectivity index (χ4n) is 4.35. The van der Waals surface area contributed by atoms with E-state index in [1.165, 1.54) is 29.6 Å². The van der Waals surface area contributed by atoms with Crippen LogP contribution in [0.15, 0.2) is 47.4 Å². The highest BCUT2D eigenvalue weighted by atomic mass is 32.2. The number of anilines is 1. The van der Waals surface area contributed by atoms with Gasteiger partial charge in [0.05, 0.1) is 19.2 Å². The zero-order chi connectivity index (χ0) is 26.7. The number of carbonyl (C=O) groups excluding carboxylic acids is 1. The molecule has 1 aliphatic rings. The van der Waals surface area contributed by atoms with Crippen LogP contribution in [0.25, 0.3) is 10.9 Å². The number of para-hydroxylation sites is 1. The topological polar surface area (TPSA) is 151 Å². The smallest absolute Gasteiger partial charge is 0.246 e. The van der Waals surface area contributed by atoms with E-state index in [9.17, 15) is 18.3 Å². The highest BCUT2D eigenvalue weighted by Crippen LogP contribution is 2.31. The van der Waals surface area contributed by atoms with Crippen LogP contribution >= 0.6 is 0 Å². The number of sulfonamides is 1. The monoisotopic (exact) mass is 528 g/mol. The fourth-order valence-corrected chi connectivity index (χ4v) is 5.95.